The second-order valence-corrected chi connectivity index (χ2v) is 7.93. The van der Waals surface area contributed by atoms with Crippen molar-refractivity contribution < 1.29 is 14.3 Å². The first kappa shape index (κ1) is 15.6. The molecule has 0 amide bonds. The van der Waals surface area contributed by atoms with E-state index in [4.69, 9.17) is 4.74 Å². The number of ether oxygens (including phenoxy) is 1. The molecule has 24 heavy (non-hydrogen) atoms. The van der Waals surface area contributed by atoms with Gasteiger partial charge < -0.3 is 4.74 Å². The lowest BCUT2D eigenvalue weighted by Crippen LogP contribution is -2.43. The first-order chi connectivity index (χ1) is 11.4. The van der Waals surface area contributed by atoms with Crippen LogP contribution in [0.4, 0.5) is 0 Å². The largest absolute Gasteiger partial charge is 0.431 e. The Morgan fingerprint density at radius 1 is 1.29 bits per heavy atom. The third-order valence-electron chi connectivity index (χ3n) is 6.51. The van der Waals surface area contributed by atoms with E-state index < -0.39 is 0 Å². The van der Waals surface area contributed by atoms with E-state index in [0.717, 1.165) is 25.0 Å². The summed E-state index contributed by atoms with van der Waals surface area (Å²) in [5.41, 5.74) is 3.48. The van der Waals surface area contributed by atoms with Crippen molar-refractivity contribution >= 4 is 17.8 Å². The summed E-state index contributed by atoms with van der Waals surface area (Å²) in [5, 5.41) is 0. The summed E-state index contributed by atoms with van der Waals surface area (Å²) in [7, 11) is 0. The van der Waals surface area contributed by atoms with Crippen molar-refractivity contribution in [1.29, 1.82) is 0 Å². The predicted octanol–water partition coefficient (Wildman–Crippen LogP) is 4.39. The van der Waals surface area contributed by atoms with Gasteiger partial charge >= 0.3 is 5.97 Å². The molecule has 3 aliphatic carbocycles. The summed E-state index contributed by atoms with van der Waals surface area (Å²) < 4.78 is 5.66. The molecular formula is C21H24O3. The normalized spacial score (nSPS) is 34.0. The maximum Gasteiger partial charge on any atom is 0.307 e. The summed E-state index contributed by atoms with van der Waals surface area (Å²) in [5.74, 6) is 1.67. The number of ketones is 1. The van der Waals surface area contributed by atoms with Crippen LogP contribution in [0.1, 0.15) is 62.1 Å². The fourth-order valence-corrected chi connectivity index (χ4v) is 5.33. The highest BCUT2D eigenvalue weighted by Gasteiger charge is 2.56. The molecule has 0 N–H and O–H groups in total. The number of fused-ring (bicyclic) bond motifs is 5. The fraction of sp³-hybridized carbons (Fsp3) is 0.524. The Bertz CT molecular complexity index is 760. The van der Waals surface area contributed by atoms with Crippen LogP contribution in [0.2, 0.25) is 0 Å². The number of rotatable bonds is 1. The van der Waals surface area contributed by atoms with E-state index >= 15 is 0 Å². The van der Waals surface area contributed by atoms with E-state index in [0.29, 0.717) is 18.1 Å². The van der Waals surface area contributed by atoms with E-state index in [1.165, 1.54) is 23.6 Å². The summed E-state index contributed by atoms with van der Waals surface area (Å²) in [6.07, 6.45) is 5.55. The highest BCUT2D eigenvalue weighted by Crippen LogP contribution is 2.60. The smallest absolute Gasteiger partial charge is 0.307 e. The number of carbonyl (C=O) groups excluding carboxylic acids is 2. The van der Waals surface area contributed by atoms with Gasteiger partial charge in [-0.15, -0.1) is 0 Å². The van der Waals surface area contributed by atoms with Crippen LogP contribution >= 0.6 is 0 Å². The summed E-state index contributed by atoms with van der Waals surface area (Å²) in [4.78, 5) is 24.2. The summed E-state index contributed by atoms with van der Waals surface area (Å²) in [6, 6.07) is 6.56. The molecule has 3 unspecified atom stereocenters. The van der Waals surface area contributed by atoms with Crippen LogP contribution in [-0.4, -0.2) is 11.8 Å². The lowest BCUT2D eigenvalue weighted by atomic mass is 9.56. The standard InChI is InChI=1S/C21H24O3/c1-12-4-5-15-14(10-12)11-18(24-13(2)22)20-16(15)8-9-21(3)17(20)6-7-19(21)23/h4-5,10-11,16-17,20H,6-9H2,1-3H3/t16?,17?,20?,21-/m0/s1. The number of benzene rings is 1. The van der Waals surface area contributed by atoms with Gasteiger partial charge in [0.2, 0.25) is 0 Å². The van der Waals surface area contributed by atoms with Gasteiger partial charge in [0.25, 0.3) is 0 Å². The second kappa shape index (κ2) is 5.30. The minimum atomic E-state index is -0.271. The molecule has 0 radical (unpaired) electrons. The topological polar surface area (TPSA) is 43.4 Å². The zero-order valence-electron chi connectivity index (χ0n) is 14.6. The third-order valence-corrected chi connectivity index (χ3v) is 6.51. The molecule has 4 rings (SSSR count). The van der Waals surface area contributed by atoms with Gasteiger partial charge in [-0.05, 0) is 55.2 Å². The lowest BCUT2D eigenvalue weighted by molar-refractivity contribution is -0.139. The molecule has 1 aromatic carbocycles. The molecule has 0 saturated heterocycles. The van der Waals surface area contributed by atoms with Crippen molar-refractivity contribution in [2.75, 3.05) is 0 Å². The SMILES string of the molecule is CC(=O)OC1=Cc2cc(C)ccc2C2CC[C@]3(C)C(=O)CCC3C12. The minimum absolute atomic E-state index is 0.148. The summed E-state index contributed by atoms with van der Waals surface area (Å²) >= 11 is 0. The van der Waals surface area contributed by atoms with Crippen molar-refractivity contribution in [3.63, 3.8) is 0 Å². The van der Waals surface area contributed by atoms with Gasteiger partial charge in [-0.1, -0.05) is 30.7 Å². The molecule has 3 aliphatic rings. The van der Waals surface area contributed by atoms with Crippen LogP contribution in [-0.2, 0) is 14.3 Å². The second-order valence-electron chi connectivity index (χ2n) is 7.93. The van der Waals surface area contributed by atoms with Crippen molar-refractivity contribution in [2.45, 2.75) is 52.4 Å². The summed E-state index contributed by atoms with van der Waals surface area (Å²) in [6.45, 7) is 5.67. The molecule has 0 spiro atoms. The van der Waals surface area contributed by atoms with Crippen LogP contribution < -0.4 is 0 Å². The Balaban J connectivity index is 1.84. The Kier molecular flexibility index (Phi) is 3.45. The first-order valence-corrected chi connectivity index (χ1v) is 8.94. The van der Waals surface area contributed by atoms with Gasteiger partial charge in [-0.2, -0.15) is 0 Å². The van der Waals surface area contributed by atoms with Crippen molar-refractivity contribution in [2.24, 2.45) is 17.3 Å². The molecule has 0 aliphatic heterocycles. The predicted molar refractivity (Wildman–Crippen MR) is 92.2 cm³/mol. The Morgan fingerprint density at radius 3 is 2.83 bits per heavy atom. The molecule has 4 atom stereocenters. The zero-order chi connectivity index (χ0) is 17.1. The van der Waals surface area contributed by atoms with Crippen molar-refractivity contribution in [1.82, 2.24) is 0 Å². The van der Waals surface area contributed by atoms with Crippen LogP contribution in [0, 0.1) is 24.2 Å². The molecule has 3 nitrogen and oxygen atoms in total. The van der Waals surface area contributed by atoms with E-state index in [1.807, 2.05) is 6.08 Å². The van der Waals surface area contributed by atoms with E-state index in [9.17, 15) is 9.59 Å². The Morgan fingerprint density at radius 2 is 2.08 bits per heavy atom. The molecule has 0 heterocycles. The van der Waals surface area contributed by atoms with Crippen molar-refractivity contribution in [3.05, 3.63) is 40.6 Å². The van der Waals surface area contributed by atoms with E-state index in [2.05, 4.69) is 32.0 Å². The minimum Gasteiger partial charge on any atom is -0.431 e. The average molecular weight is 324 g/mol. The third kappa shape index (κ3) is 2.17. The molecule has 2 saturated carbocycles. The van der Waals surface area contributed by atoms with Gasteiger partial charge in [0.15, 0.2) is 0 Å². The van der Waals surface area contributed by atoms with Gasteiger partial charge in [0, 0.05) is 24.7 Å². The quantitative estimate of drug-likeness (QED) is 0.720. The van der Waals surface area contributed by atoms with Crippen LogP contribution in [0.3, 0.4) is 0 Å². The lowest BCUT2D eigenvalue weighted by Gasteiger charge is -2.47. The number of aryl methyl sites for hydroxylation is 1. The molecular weight excluding hydrogens is 300 g/mol. The number of esters is 1. The number of allylic oxidation sites excluding steroid dienone is 1. The molecule has 3 heteroatoms. The van der Waals surface area contributed by atoms with Gasteiger partial charge in [0.05, 0.1) is 0 Å². The highest BCUT2D eigenvalue weighted by molar-refractivity contribution is 5.87. The molecule has 0 aromatic heterocycles. The number of carbonyl (C=O) groups is 2. The molecule has 2 fully saturated rings. The molecule has 0 bridgehead atoms. The monoisotopic (exact) mass is 324 g/mol. The average Bonchev–Trinajstić information content (AvgIpc) is 2.82. The van der Waals surface area contributed by atoms with E-state index in [-0.39, 0.29) is 23.2 Å². The molecule has 1 aromatic rings. The Hall–Kier alpha value is -1.90. The van der Waals surface area contributed by atoms with Crippen LogP contribution in [0.15, 0.2) is 24.0 Å². The Labute approximate surface area is 143 Å². The number of hydrogen-bond donors (Lipinski definition) is 0. The van der Waals surface area contributed by atoms with Crippen LogP contribution in [0.5, 0.6) is 0 Å². The number of hydrogen-bond acceptors (Lipinski definition) is 3. The fourth-order valence-electron chi connectivity index (χ4n) is 5.33. The molecule has 126 valence electrons. The first-order valence-electron chi connectivity index (χ1n) is 8.94. The van der Waals surface area contributed by atoms with Gasteiger partial charge in [0.1, 0.15) is 11.5 Å². The van der Waals surface area contributed by atoms with Crippen LogP contribution in [0.25, 0.3) is 6.08 Å². The van der Waals surface area contributed by atoms with Gasteiger partial charge in [-0.25, -0.2) is 0 Å². The number of Topliss-reactive ketones (excluding diaryl/α,β-unsaturated/α-hetero) is 1. The zero-order valence-corrected chi connectivity index (χ0v) is 14.6. The van der Waals surface area contributed by atoms with Crippen molar-refractivity contribution in [3.8, 4) is 0 Å². The highest BCUT2D eigenvalue weighted by atomic mass is 16.5. The maximum absolute atomic E-state index is 12.5. The van der Waals surface area contributed by atoms with E-state index in [1.54, 1.807) is 0 Å². The van der Waals surface area contributed by atoms with Gasteiger partial charge in [-0.3, -0.25) is 9.59 Å². The maximum atomic E-state index is 12.5.